The van der Waals surface area contributed by atoms with Gasteiger partial charge in [0.15, 0.2) is 9.66 Å². The van der Waals surface area contributed by atoms with Gasteiger partial charge in [-0.25, -0.2) is 9.97 Å². The summed E-state index contributed by atoms with van der Waals surface area (Å²) in [6.45, 7) is 4.25. The van der Waals surface area contributed by atoms with Crippen molar-refractivity contribution in [3.8, 4) is 21.1 Å². The van der Waals surface area contributed by atoms with Crippen LogP contribution in [0.5, 0.6) is 0 Å². The summed E-state index contributed by atoms with van der Waals surface area (Å²) in [7, 11) is 0. The molecule has 4 heteroatoms. The molecule has 0 fully saturated rings. The Balaban J connectivity index is 1.78. The van der Waals surface area contributed by atoms with Gasteiger partial charge in [0.2, 0.25) is 0 Å². The van der Waals surface area contributed by atoms with Crippen molar-refractivity contribution >= 4 is 32.3 Å². The first-order chi connectivity index (χ1) is 10.7. The van der Waals surface area contributed by atoms with Crippen molar-refractivity contribution in [3.63, 3.8) is 0 Å². The van der Waals surface area contributed by atoms with Crippen molar-refractivity contribution in [2.45, 2.75) is 13.8 Å². The topological polar surface area (TPSA) is 25.8 Å². The van der Waals surface area contributed by atoms with Gasteiger partial charge in [-0.05, 0) is 26.0 Å². The van der Waals surface area contributed by atoms with Crippen LogP contribution < -0.4 is 0 Å². The summed E-state index contributed by atoms with van der Waals surface area (Å²) < 4.78 is 0. The Morgan fingerprint density at radius 1 is 0.682 bits per heavy atom. The van der Waals surface area contributed by atoms with E-state index in [1.54, 1.807) is 22.7 Å². The third-order valence-corrected chi connectivity index (χ3v) is 5.59. The summed E-state index contributed by atoms with van der Waals surface area (Å²) in [6.07, 6.45) is 0. The van der Waals surface area contributed by atoms with Crippen molar-refractivity contribution in [3.05, 3.63) is 59.7 Å². The zero-order chi connectivity index (χ0) is 15.1. The van der Waals surface area contributed by atoms with Crippen LogP contribution in [0.4, 0.5) is 0 Å². The number of hydrogen-bond donors (Lipinski definition) is 0. The lowest BCUT2D eigenvalue weighted by Crippen LogP contribution is -1.81. The number of aromatic nitrogens is 2. The number of nitrogens with zero attached hydrogens (tertiary/aromatic N) is 2. The van der Waals surface area contributed by atoms with Gasteiger partial charge in [-0.3, -0.25) is 0 Å². The number of thiazole rings is 2. The second kappa shape index (κ2) is 5.30. The van der Waals surface area contributed by atoms with Crippen LogP contribution in [0.15, 0.2) is 48.5 Å². The molecule has 2 aromatic heterocycles. The highest BCUT2D eigenvalue weighted by Crippen LogP contribution is 2.36. The molecule has 2 nitrogen and oxygen atoms in total. The van der Waals surface area contributed by atoms with E-state index in [1.807, 2.05) is 18.2 Å². The van der Waals surface area contributed by atoms with Crippen molar-refractivity contribution in [2.24, 2.45) is 0 Å². The third-order valence-electron chi connectivity index (χ3n) is 3.47. The molecule has 0 radical (unpaired) electrons. The fourth-order valence-electron chi connectivity index (χ4n) is 2.57. The summed E-state index contributed by atoms with van der Waals surface area (Å²) in [4.78, 5) is 11.6. The highest BCUT2D eigenvalue weighted by Gasteiger charge is 2.13. The molecule has 0 saturated heterocycles. The largest absolute Gasteiger partial charge is 0.223 e. The van der Waals surface area contributed by atoms with E-state index in [0.717, 1.165) is 25.2 Å². The van der Waals surface area contributed by atoms with Gasteiger partial charge in [-0.15, -0.1) is 0 Å². The SMILES string of the molecule is Cc1cc(C)cc(-c2nc3sc(-c4ccccc4)nc3s2)c1. The predicted octanol–water partition coefficient (Wildman–Crippen LogP) is 5.70. The fraction of sp³-hybridized carbons (Fsp3) is 0.111. The molecule has 0 bridgehead atoms. The molecule has 0 aliphatic carbocycles. The molecule has 0 saturated carbocycles. The van der Waals surface area contributed by atoms with E-state index in [0.29, 0.717) is 0 Å². The molecule has 0 unspecified atom stereocenters. The minimum absolute atomic E-state index is 1.03. The van der Waals surface area contributed by atoms with Crippen molar-refractivity contribution in [1.29, 1.82) is 0 Å². The van der Waals surface area contributed by atoms with Crippen LogP contribution in [0.3, 0.4) is 0 Å². The summed E-state index contributed by atoms with van der Waals surface area (Å²) >= 11 is 3.33. The monoisotopic (exact) mass is 322 g/mol. The molecular formula is C18H14N2S2. The molecule has 0 spiro atoms. The zero-order valence-electron chi connectivity index (χ0n) is 12.3. The summed E-state index contributed by atoms with van der Waals surface area (Å²) in [5.74, 6) is 0. The smallest absolute Gasteiger partial charge is 0.155 e. The molecule has 0 amide bonds. The number of hydrogen-bond acceptors (Lipinski definition) is 4. The van der Waals surface area contributed by atoms with E-state index < -0.39 is 0 Å². The quantitative estimate of drug-likeness (QED) is 0.473. The summed E-state index contributed by atoms with van der Waals surface area (Å²) in [5, 5.41) is 2.10. The van der Waals surface area contributed by atoms with Crippen LogP contribution in [0.1, 0.15) is 11.1 Å². The van der Waals surface area contributed by atoms with Gasteiger partial charge in [0.05, 0.1) is 0 Å². The van der Waals surface area contributed by atoms with Crippen LogP contribution in [-0.2, 0) is 0 Å². The van der Waals surface area contributed by atoms with E-state index >= 15 is 0 Å². The molecule has 4 aromatic rings. The highest BCUT2D eigenvalue weighted by atomic mass is 32.1. The number of benzene rings is 2. The second-order valence-electron chi connectivity index (χ2n) is 5.39. The van der Waals surface area contributed by atoms with Crippen LogP contribution >= 0.6 is 22.7 Å². The molecule has 108 valence electrons. The number of fused-ring (bicyclic) bond motifs is 1. The molecule has 0 atom stereocenters. The van der Waals surface area contributed by atoms with Crippen LogP contribution in [0.25, 0.3) is 30.8 Å². The third kappa shape index (κ3) is 2.45. The standard InChI is InChI=1S/C18H14N2S2/c1-11-8-12(2)10-14(9-11)16-20-18-17(22-16)19-15(21-18)13-6-4-3-5-7-13/h3-10H,1-2H3. The second-order valence-corrected chi connectivity index (χ2v) is 7.35. The Morgan fingerprint density at radius 3 is 1.82 bits per heavy atom. The van der Waals surface area contributed by atoms with E-state index in [9.17, 15) is 0 Å². The lowest BCUT2D eigenvalue weighted by molar-refractivity contribution is 1.37. The molecule has 2 heterocycles. The normalized spacial score (nSPS) is 11.2. The van der Waals surface area contributed by atoms with Gasteiger partial charge in [-0.2, -0.15) is 0 Å². The first-order valence-electron chi connectivity index (χ1n) is 7.10. The molecule has 0 aliphatic rings. The fourth-order valence-corrected chi connectivity index (χ4v) is 4.60. The van der Waals surface area contributed by atoms with Gasteiger partial charge in [0, 0.05) is 11.1 Å². The van der Waals surface area contributed by atoms with E-state index in [-0.39, 0.29) is 0 Å². The van der Waals surface area contributed by atoms with Crippen LogP contribution in [0.2, 0.25) is 0 Å². The molecule has 0 aliphatic heterocycles. The Labute approximate surface area is 137 Å². The van der Waals surface area contributed by atoms with Gasteiger partial charge in [-0.1, -0.05) is 70.2 Å². The van der Waals surface area contributed by atoms with E-state index in [1.165, 1.54) is 16.7 Å². The highest BCUT2D eigenvalue weighted by molar-refractivity contribution is 7.29. The maximum atomic E-state index is 4.79. The Hall–Kier alpha value is -2.04. The summed E-state index contributed by atoms with van der Waals surface area (Å²) in [5.41, 5.74) is 4.89. The minimum atomic E-state index is 1.03. The number of rotatable bonds is 2. The summed E-state index contributed by atoms with van der Waals surface area (Å²) in [6, 6.07) is 16.8. The maximum absolute atomic E-state index is 4.79. The molecule has 4 rings (SSSR count). The van der Waals surface area contributed by atoms with Crippen molar-refractivity contribution < 1.29 is 0 Å². The van der Waals surface area contributed by atoms with E-state index in [4.69, 9.17) is 9.97 Å². The average Bonchev–Trinajstić information content (AvgIpc) is 3.05. The Bertz CT molecular complexity index is 900. The van der Waals surface area contributed by atoms with Gasteiger partial charge in [0.1, 0.15) is 10.0 Å². The van der Waals surface area contributed by atoms with Crippen LogP contribution in [0, 0.1) is 13.8 Å². The Kier molecular flexibility index (Phi) is 3.28. The molecule has 22 heavy (non-hydrogen) atoms. The van der Waals surface area contributed by atoms with E-state index in [2.05, 4.69) is 44.2 Å². The lowest BCUT2D eigenvalue weighted by Gasteiger charge is -2.01. The predicted molar refractivity (Wildman–Crippen MR) is 95.6 cm³/mol. The van der Waals surface area contributed by atoms with Crippen LogP contribution in [-0.4, -0.2) is 9.97 Å². The molecule has 2 aromatic carbocycles. The minimum Gasteiger partial charge on any atom is -0.223 e. The van der Waals surface area contributed by atoms with Crippen molar-refractivity contribution in [2.75, 3.05) is 0 Å². The first kappa shape index (κ1) is 13.6. The lowest BCUT2D eigenvalue weighted by atomic mass is 10.1. The van der Waals surface area contributed by atoms with Gasteiger partial charge < -0.3 is 0 Å². The first-order valence-corrected chi connectivity index (χ1v) is 8.74. The van der Waals surface area contributed by atoms with Gasteiger partial charge >= 0.3 is 0 Å². The molecule has 0 N–H and O–H groups in total. The number of aryl methyl sites for hydroxylation is 2. The zero-order valence-corrected chi connectivity index (χ0v) is 14.0. The van der Waals surface area contributed by atoms with Gasteiger partial charge in [0.25, 0.3) is 0 Å². The molecular weight excluding hydrogens is 308 g/mol. The Morgan fingerprint density at radius 2 is 1.23 bits per heavy atom. The maximum Gasteiger partial charge on any atom is 0.155 e. The average molecular weight is 322 g/mol. The van der Waals surface area contributed by atoms with Crippen molar-refractivity contribution in [1.82, 2.24) is 9.97 Å².